The number of benzene rings is 2. The Bertz CT molecular complexity index is 1350. The lowest BCUT2D eigenvalue weighted by molar-refractivity contribution is -0.364. The predicted molar refractivity (Wildman–Crippen MR) is 138 cm³/mol. The summed E-state index contributed by atoms with van der Waals surface area (Å²) in [6.45, 7) is 1.93. The van der Waals surface area contributed by atoms with Crippen LogP contribution in [0.25, 0.3) is 0 Å². The van der Waals surface area contributed by atoms with Gasteiger partial charge < -0.3 is 58.0 Å². The third-order valence-corrected chi connectivity index (χ3v) is 8.75. The van der Waals surface area contributed by atoms with Gasteiger partial charge in [-0.2, -0.15) is 0 Å². The largest absolute Gasteiger partial charge is 0.502 e. The molecule has 0 saturated carbocycles. The Morgan fingerprint density at radius 2 is 1.57 bits per heavy atom. The summed E-state index contributed by atoms with van der Waals surface area (Å²) in [5.41, 5.74) is 2.01. The molecule has 3 N–H and O–H groups in total. The standard InChI is InChI=1S/C29H32O13/c1-11-36-9-20-27(40-11)24(31)25(32)29(41-20)42-26-14-7-17-16(38-10-39-17)6-13(14)21(22-15(26)8-37-28(22)33)12-4-18(34-2)23(30)19(5-12)35-3/h4-7,11,15,20-22,24-27,29-32H,8-10H2,1-3H3/t11?,15-,20+,21+,22-,24+,25+,26+,27+,29-/m0/s1. The van der Waals surface area contributed by atoms with Crippen molar-refractivity contribution >= 4 is 5.97 Å². The molecule has 13 nitrogen and oxygen atoms in total. The van der Waals surface area contributed by atoms with Crippen molar-refractivity contribution in [2.24, 2.45) is 11.8 Å². The molecule has 42 heavy (non-hydrogen) atoms. The van der Waals surface area contributed by atoms with Crippen LogP contribution in [0.5, 0.6) is 28.7 Å². The van der Waals surface area contributed by atoms with Crippen molar-refractivity contribution in [3.05, 3.63) is 41.0 Å². The minimum absolute atomic E-state index is 0.0301. The molecule has 4 aliphatic heterocycles. The summed E-state index contributed by atoms with van der Waals surface area (Å²) in [6.07, 6.45) is -6.80. The van der Waals surface area contributed by atoms with Crippen molar-refractivity contribution in [2.75, 3.05) is 34.2 Å². The zero-order valence-electron chi connectivity index (χ0n) is 23.1. The van der Waals surface area contributed by atoms with E-state index in [2.05, 4.69) is 0 Å². The second kappa shape index (κ2) is 10.4. The van der Waals surface area contributed by atoms with Gasteiger partial charge in [-0.15, -0.1) is 0 Å². The topological polar surface area (TPSA) is 161 Å². The van der Waals surface area contributed by atoms with E-state index in [1.807, 2.05) is 0 Å². The van der Waals surface area contributed by atoms with Crippen LogP contribution in [0, 0.1) is 11.8 Å². The van der Waals surface area contributed by atoms with E-state index in [1.165, 1.54) is 14.2 Å². The number of hydrogen-bond donors (Lipinski definition) is 3. The van der Waals surface area contributed by atoms with E-state index < -0.39 is 66.8 Å². The van der Waals surface area contributed by atoms with Crippen molar-refractivity contribution in [2.45, 2.75) is 55.9 Å². The first kappa shape index (κ1) is 27.5. The van der Waals surface area contributed by atoms with Crippen molar-refractivity contribution in [1.82, 2.24) is 0 Å². The third-order valence-electron chi connectivity index (χ3n) is 8.75. The molecular formula is C29H32O13. The minimum atomic E-state index is -1.44. The Balaban J connectivity index is 1.32. The fourth-order valence-electron chi connectivity index (χ4n) is 6.74. The number of aliphatic hydroxyl groups excluding tert-OH is 2. The van der Waals surface area contributed by atoms with Crippen LogP contribution in [0.2, 0.25) is 0 Å². The van der Waals surface area contributed by atoms with E-state index in [9.17, 15) is 20.1 Å². The fourth-order valence-corrected chi connectivity index (χ4v) is 6.74. The van der Waals surface area contributed by atoms with Gasteiger partial charge in [0.15, 0.2) is 35.6 Å². The fraction of sp³-hybridized carbons (Fsp3) is 0.552. The maximum Gasteiger partial charge on any atom is 0.310 e. The highest BCUT2D eigenvalue weighted by Crippen LogP contribution is 2.57. The van der Waals surface area contributed by atoms with Crippen molar-refractivity contribution in [3.63, 3.8) is 0 Å². The molecule has 1 aliphatic carbocycles. The van der Waals surface area contributed by atoms with E-state index >= 15 is 0 Å². The molecule has 0 amide bonds. The van der Waals surface area contributed by atoms with Gasteiger partial charge in [-0.3, -0.25) is 4.79 Å². The highest BCUT2D eigenvalue weighted by atomic mass is 16.8. The molecule has 0 aromatic heterocycles. The minimum Gasteiger partial charge on any atom is -0.502 e. The number of methoxy groups -OCH3 is 2. The summed E-state index contributed by atoms with van der Waals surface area (Å²) in [5.74, 6) is -1.02. The number of phenols is 1. The quantitative estimate of drug-likeness (QED) is 0.430. The van der Waals surface area contributed by atoms with Gasteiger partial charge in [0.2, 0.25) is 12.5 Å². The summed E-state index contributed by atoms with van der Waals surface area (Å²) >= 11 is 0. The first-order valence-corrected chi connectivity index (χ1v) is 13.8. The number of carbonyl (C=O) groups excluding carboxylic acids is 1. The van der Waals surface area contributed by atoms with Gasteiger partial charge in [-0.25, -0.2) is 0 Å². The molecule has 5 aliphatic rings. The van der Waals surface area contributed by atoms with Crippen LogP contribution in [-0.4, -0.2) is 92.5 Å². The average molecular weight is 589 g/mol. The van der Waals surface area contributed by atoms with Crippen LogP contribution in [-0.2, 0) is 28.5 Å². The molecule has 13 heteroatoms. The highest BCUT2D eigenvalue weighted by Gasteiger charge is 2.56. The predicted octanol–water partition coefficient (Wildman–Crippen LogP) is 1.34. The normalized spacial score (nSPS) is 36.5. The number of aromatic hydroxyl groups is 1. The number of fused-ring (bicyclic) bond motifs is 4. The summed E-state index contributed by atoms with van der Waals surface area (Å²) in [5, 5.41) is 32.5. The second-order valence-electron chi connectivity index (χ2n) is 11.0. The molecule has 1 unspecified atom stereocenters. The molecule has 0 radical (unpaired) electrons. The molecule has 2 aromatic rings. The highest BCUT2D eigenvalue weighted by molar-refractivity contribution is 5.79. The molecule has 4 heterocycles. The van der Waals surface area contributed by atoms with Crippen molar-refractivity contribution in [1.29, 1.82) is 0 Å². The molecule has 3 fully saturated rings. The number of cyclic esters (lactones) is 1. The number of carbonyl (C=O) groups is 1. The molecule has 3 saturated heterocycles. The lowest BCUT2D eigenvalue weighted by atomic mass is 9.66. The summed E-state index contributed by atoms with van der Waals surface area (Å²) in [7, 11) is 2.86. The van der Waals surface area contributed by atoms with E-state index in [4.69, 9.17) is 42.6 Å². The monoisotopic (exact) mass is 588 g/mol. The van der Waals surface area contributed by atoms with Crippen LogP contribution in [0.3, 0.4) is 0 Å². The van der Waals surface area contributed by atoms with Crippen LogP contribution < -0.4 is 18.9 Å². The van der Waals surface area contributed by atoms with Crippen molar-refractivity contribution < 1.29 is 62.7 Å². The lowest BCUT2D eigenvalue weighted by Gasteiger charge is -2.47. The van der Waals surface area contributed by atoms with Gasteiger partial charge in [0.1, 0.15) is 24.4 Å². The summed E-state index contributed by atoms with van der Waals surface area (Å²) in [6, 6.07) is 6.93. The van der Waals surface area contributed by atoms with E-state index in [-0.39, 0.29) is 37.3 Å². The Hall–Kier alpha value is -3.33. The molecule has 226 valence electrons. The number of hydrogen-bond acceptors (Lipinski definition) is 13. The number of ether oxygens (including phenoxy) is 9. The number of rotatable bonds is 5. The van der Waals surface area contributed by atoms with Crippen LogP contribution >= 0.6 is 0 Å². The maximum absolute atomic E-state index is 13.4. The number of phenolic OH excluding ortho intramolecular Hbond substituents is 1. The van der Waals surface area contributed by atoms with Gasteiger partial charge in [0.25, 0.3) is 0 Å². The summed E-state index contributed by atoms with van der Waals surface area (Å²) < 4.78 is 51.5. The van der Waals surface area contributed by atoms with Gasteiger partial charge in [0.05, 0.1) is 39.5 Å². The summed E-state index contributed by atoms with van der Waals surface area (Å²) in [4.78, 5) is 13.4. The Morgan fingerprint density at radius 1 is 0.881 bits per heavy atom. The zero-order valence-corrected chi connectivity index (χ0v) is 23.1. The van der Waals surface area contributed by atoms with Crippen LogP contribution in [0.1, 0.15) is 35.6 Å². The van der Waals surface area contributed by atoms with Gasteiger partial charge in [0, 0.05) is 11.8 Å². The Morgan fingerprint density at radius 3 is 2.26 bits per heavy atom. The molecule has 7 rings (SSSR count). The molecule has 0 spiro atoms. The first-order chi connectivity index (χ1) is 20.3. The van der Waals surface area contributed by atoms with E-state index in [1.54, 1.807) is 31.2 Å². The van der Waals surface area contributed by atoms with Gasteiger partial charge in [-0.05, 0) is 47.9 Å². The SMILES string of the molecule is COc1cc([C@@H]2c3cc4c(cc3[C@@H](O[C@@H]3O[C@@H]5COC(C)O[C@H]5[C@H](O)[C@H]3O)[C@H]3COC(=O)[C@H]23)OCO4)cc(OC)c1O. The van der Waals surface area contributed by atoms with E-state index in [0.717, 1.165) is 0 Å². The maximum atomic E-state index is 13.4. The second-order valence-corrected chi connectivity index (χ2v) is 11.0. The number of esters is 1. The Kier molecular flexibility index (Phi) is 6.83. The smallest absolute Gasteiger partial charge is 0.310 e. The van der Waals surface area contributed by atoms with Crippen molar-refractivity contribution in [3.8, 4) is 28.7 Å². The van der Waals surface area contributed by atoms with E-state index in [0.29, 0.717) is 28.2 Å². The first-order valence-electron chi connectivity index (χ1n) is 13.8. The number of aliphatic hydroxyl groups is 2. The van der Waals surface area contributed by atoms with Gasteiger partial charge >= 0.3 is 5.97 Å². The molecular weight excluding hydrogens is 556 g/mol. The average Bonchev–Trinajstić information content (AvgIpc) is 3.61. The van der Waals surface area contributed by atoms with Crippen LogP contribution in [0.15, 0.2) is 24.3 Å². The Labute approximate surface area is 240 Å². The van der Waals surface area contributed by atoms with Gasteiger partial charge in [-0.1, -0.05) is 0 Å². The molecule has 2 aromatic carbocycles. The third kappa shape index (κ3) is 4.26. The van der Waals surface area contributed by atoms with Crippen LogP contribution in [0.4, 0.5) is 0 Å². The molecule has 0 bridgehead atoms. The lowest BCUT2D eigenvalue weighted by Crippen LogP contribution is -2.63. The molecule has 10 atom stereocenters. The zero-order chi connectivity index (χ0) is 29.3.